The Morgan fingerprint density at radius 3 is 2.04 bits per heavy atom. The molecule has 0 aromatic heterocycles. The van der Waals surface area contributed by atoms with Crippen LogP contribution in [0.1, 0.15) is 31.9 Å². The molecule has 119 valence electrons. The summed E-state index contributed by atoms with van der Waals surface area (Å²) in [5.74, 6) is 0. The molecule has 0 bridgehead atoms. The van der Waals surface area contributed by atoms with Crippen molar-refractivity contribution >= 4 is 10.8 Å². The standard InChI is InChI=1S/C20H21.2ClH.Zr/c1-14-12-16-6-5-7-18(19(16)13-14)15-8-10-17(11-9-15)20(2,3)4;;;/h5-13H,1-4H3;2*1H;/q-1;;;+3/p-2. The molecule has 0 saturated heterocycles. The van der Waals surface area contributed by atoms with E-state index < -0.39 is 0 Å². The van der Waals surface area contributed by atoms with Gasteiger partial charge in [0.05, 0.1) is 0 Å². The molecule has 0 aliphatic heterocycles. The number of hydrogen-bond acceptors (Lipinski definition) is 0. The van der Waals surface area contributed by atoms with Gasteiger partial charge in [0.15, 0.2) is 0 Å². The summed E-state index contributed by atoms with van der Waals surface area (Å²) in [6, 6.07) is 20.1. The zero-order chi connectivity index (χ0) is 14.3. The number of benzene rings is 2. The first-order valence-electron chi connectivity index (χ1n) is 7.22. The molecule has 0 nitrogen and oxygen atoms in total. The molecule has 1 radical (unpaired) electrons. The van der Waals surface area contributed by atoms with Gasteiger partial charge < -0.3 is 24.8 Å². The van der Waals surface area contributed by atoms with Crippen molar-refractivity contribution in [3.05, 3.63) is 65.7 Å². The van der Waals surface area contributed by atoms with E-state index in [2.05, 4.69) is 82.3 Å². The maximum atomic E-state index is 2.28. The van der Waals surface area contributed by atoms with Gasteiger partial charge in [-0.25, -0.2) is 0 Å². The van der Waals surface area contributed by atoms with Gasteiger partial charge in [-0.2, -0.15) is 6.07 Å². The van der Waals surface area contributed by atoms with Crippen LogP contribution in [0.5, 0.6) is 0 Å². The van der Waals surface area contributed by atoms with Crippen molar-refractivity contribution < 1.29 is 51.0 Å². The second kappa shape index (κ2) is 8.56. The topological polar surface area (TPSA) is 0 Å². The van der Waals surface area contributed by atoms with Gasteiger partial charge in [-0.1, -0.05) is 63.6 Å². The Kier molecular flexibility index (Phi) is 8.38. The number of rotatable bonds is 1. The van der Waals surface area contributed by atoms with Crippen molar-refractivity contribution in [3.63, 3.8) is 0 Å². The van der Waals surface area contributed by atoms with Crippen molar-refractivity contribution in [1.29, 1.82) is 0 Å². The van der Waals surface area contributed by atoms with Crippen LogP contribution >= 0.6 is 0 Å². The van der Waals surface area contributed by atoms with Crippen LogP contribution < -0.4 is 24.8 Å². The van der Waals surface area contributed by atoms with Gasteiger partial charge >= 0.3 is 26.2 Å². The fourth-order valence-corrected chi connectivity index (χ4v) is 2.79. The van der Waals surface area contributed by atoms with Crippen molar-refractivity contribution in [1.82, 2.24) is 0 Å². The van der Waals surface area contributed by atoms with Gasteiger partial charge in [0, 0.05) is 0 Å². The quantitative estimate of drug-likeness (QED) is 0.477. The van der Waals surface area contributed by atoms with Crippen molar-refractivity contribution in [2.24, 2.45) is 0 Å². The predicted molar refractivity (Wildman–Crippen MR) is 88.4 cm³/mol. The average Bonchev–Trinajstić information content (AvgIpc) is 2.78. The maximum absolute atomic E-state index is 2.28. The molecule has 0 aliphatic carbocycles. The third-order valence-electron chi connectivity index (χ3n) is 3.96. The Bertz CT molecular complexity index is 749. The first-order valence-corrected chi connectivity index (χ1v) is 7.22. The summed E-state index contributed by atoms with van der Waals surface area (Å²) in [7, 11) is 0. The first-order chi connectivity index (χ1) is 9.45. The molecule has 23 heavy (non-hydrogen) atoms. The molecule has 0 saturated carbocycles. The first kappa shape index (κ1) is 22.5. The van der Waals surface area contributed by atoms with Crippen molar-refractivity contribution in [2.45, 2.75) is 33.1 Å². The molecule has 0 N–H and O–H groups in total. The Hall–Kier alpha value is -0.487. The number of hydrogen-bond donors (Lipinski definition) is 0. The van der Waals surface area contributed by atoms with Gasteiger partial charge in [0.25, 0.3) is 0 Å². The molecule has 0 amide bonds. The van der Waals surface area contributed by atoms with E-state index in [1.165, 1.54) is 33.0 Å². The Morgan fingerprint density at radius 2 is 1.48 bits per heavy atom. The largest absolute Gasteiger partial charge is 3.00 e. The predicted octanol–water partition coefficient (Wildman–Crippen LogP) is -0.163. The van der Waals surface area contributed by atoms with Crippen molar-refractivity contribution in [3.8, 4) is 11.1 Å². The summed E-state index contributed by atoms with van der Waals surface area (Å²) >= 11 is 0. The number of halogens is 2. The van der Waals surface area contributed by atoms with Crippen LogP contribution in [0.2, 0.25) is 0 Å². The second-order valence-corrected chi connectivity index (χ2v) is 6.67. The van der Waals surface area contributed by atoms with E-state index in [0.29, 0.717) is 0 Å². The van der Waals surface area contributed by atoms with E-state index in [9.17, 15) is 0 Å². The normalized spacial score (nSPS) is 10.4. The van der Waals surface area contributed by atoms with Crippen LogP contribution in [0, 0.1) is 6.92 Å². The molecule has 0 unspecified atom stereocenters. The molecule has 0 fully saturated rings. The molecule has 0 heterocycles. The van der Waals surface area contributed by atoms with E-state index in [-0.39, 0.29) is 56.4 Å². The van der Waals surface area contributed by atoms with Gasteiger partial charge in [0.2, 0.25) is 0 Å². The van der Waals surface area contributed by atoms with E-state index in [4.69, 9.17) is 0 Å². The molecule has 0 atom stereocenters. The summed E-state index contributed by atoms with van der Waals surface area (Å²) in [5.41, 5.74) is 5.55. The molecule has 3 rings (SSSR count). The summed E-state index contributed by atoms with van der Waals surface area (Å²) in [4.78, 5) is 0. The minimum Gasteiger partial charge on any atom is -1.00 e. The van der Waals surface area contributed by atoms with E-state index in [0.717, 1.165) is 0 Å². The third kappa shape index (κ3) is 4.75. The SMILES string of the molecule is Cc1cc2c(-c3ccc(C(C)(C)C)cc3)cccc2[cH-]1.[Cl-].[Cl-].[Zr+3]. The molecule has 0 spiro atoms. The molecular formula is C20H21Cl2Zr. The second-order valence-electron chi connectivity index (χ2n) is 6.67. The summed E-state index contributed by atoms with van der Waals surface area (Å²) < 4.78 is 0. The van der Waals surface area contributed by atoms with E-state index in [1.807, 2.05) is 0 Å². The molecular weight excluding hydrogens is 402 g/mol. The van der Waals surface area contributed by atoms with Crippen molar-refractivity contribution in [2.75, 3.05) is 0 Å². The van der Waals surface area contributed by atoms with Gasteiger partial charge in [0.1, 0.15) is 0 Å². The zero-order valence-corrected chi connectivity index (χ0v) is 17.9. The molecule has 3 heteroatoms. The maximum Gasteiger partial charge on any atom is 3.00 e. The van der Waals surface area contributed by atoms with Crippen LogP contribution in [-0.4, -0.2) is 0 Å². The Labute approximate surface area is 171 Å². The summed E-state index contributed by atoms with van der Waals surface area (Å²) in [5, 5.41) is 2.69. The monoisotopic (exact) mass is 421 g/mol. The van der Waals surface area contributed by atoms with Gasteiger partial charge in [-0.05, 0) is 16.5 Å². The zero-order valence-electron chi connectivity index (χ0n) is 14.0. The van der Waals surface area contributed by atoms with Gasteiger partial charge in [-0.3, -0.25) is 0 Å². The van der Waals surface area contributed by atoms with Crippen LogP contribution in [-0.2, 0) is 31.6 Å². The third-order valence-corrected chi connectivity index (χ3v) is 3.96. The summed E-state index contributed by atoms with van der Waals surface area (Å²) in [6.45, 7) is 8.92. The van der Waals surface area contributed by atoms with Crippen LogP contribution in [0.25, 0.3) is 21.9 Å². The fraction of sp³-hybridized carbons (Fsp3) is 0.250. The van der Waals surface area contributed by atoms with E-state index in [1.54, 1.807) is 0 Å². The average molecular weight is 424 g/mol. The van der Waals surface area contributed by atoms with Crippen LogP contribution in [0.3, 0.4) is 0 Å². The van der Waals surface area contributed by atoms with E-state index >= 15 is 0 Å². The smallest absolute Gasteiger partial charge is 1.00 e. The molecule has 3 aromatic rings. The minimum atomic E-state index is 0. The van der Waals surface area contributed by atoms with Gasteiger partial charge in [-0.15, -0.1) is 34.5 Å². The molecule has 0 aliphatic rings. The molecule has 3 aromatic carbocycles. The fourth-order valence-electron chi connectivity index (χ4n) is 2.79. The Morgan fingerprint density at radius 1 is 0.870 bits per heavy atom. The minimum absolute atomic E-state index is 0. The van der Waals surface area contributed by atoms with Crippen LogP contribution in [0.4, 0.5) is 0 Å². The Balaban J connectivity index is 0.00000161. The number of fused-ring (bicyclic) bond motifs is 1. The van der Waals surface area contributed by atoms with Crippen LogP contribution in [0.15, 0.2) is 54.6 Å². The summed E-state index contributed by atoms with van der Waals surface area (Å²) in [6.07, 6.45) is 0. The number of aryl methyl sites for hydroxylation is 1.